The Bertz CT molecular complexity index is 757. The molecule has 1 aliphatic heterocycles. The molecule has 10 nitrogen and oxygen atoms in total. The van der Waals surface area contributed by atoms with Crippen molar-refractivity contribution in [3.05, 3.63) is 35.9 Å². The van der Waals surface area contributed by atoms with E-state index in [1.165, 1.54) is 4.90 Å². The molecule has 0 radical (unpaired) electrons. The molecule has 0 aliphatic carbocycles. The van der Waals surface area contributed by atoms with E-state index in [4.69, 9.17) is 16.9 Å². The Labute approximate surface area is 175 Å². The topological polar surface area (TPSA) is 175 Å². The number of nitrogens with one attached hydrogen (secondary N) is 3. The number of hydrogen-bond donors (Lipinski definition) is 6. The van der Waals surface area contributed by atoms with Gasteiger partial charge in [0.15, 0.2) is 5.96 Å². The fourth-order valence-corrected chi connectivity index (χ4v) is 3.53. The third-order valence-corrected chi connectivity index (χ3v) is 5.05. The summed E-state index contributed by atoms with van der Waals surface area (Å²) in [6.07, 6.45) is 2.07. The number of amides is 2. The van der Waals surface area contributed by atoms with Crippen molar-refractivity contribution in [1.82, 2.24) is 15.5 Å². The highest BCUT2D eigenvalue weighted by Gasteiger charge is 2.37. The summed E-state index contributed by atoms with van der Waals surface area (Å²) in [6, 6.07) is 6.83. The van der Waals surface area contributed by atoms with Crippen molar-refractivity contribution in [3.8, 4) is 0 Å². The highest BCUT2D eigenvalue weighted by Crippen LogP contribution is 2.19. The average Bonchev–Trinajstić information content (AvgIpc) is 3.19. The molecule has 2 rings (SSSR count). The average molecular weight is 418 g/mol. The molecule has 1 saturated heterocycles. The number of benzene rings is 1. The lowest BCUT2D eigenvalue weighted by molar-refractivity contribution is -0.144. The molecule has 1 aromatic carbocycles. The lowest BCUT2D eigenvalue weighted by Gasteiger charge is -2.28. The molecule has 164 valence electrons. The van der Waals surface area contributed by atoms with E-state index in [2.05, 4.69) is 10.6 Å². The van der Waals surface area contributed by atoms with Gasteiger partial charge in [-0.2, -0.15) is 0 Å². The second-order valence-corrected chi connectivity index (χ2v) is 7.37. The monoisotopic (exact) mass is 418 g/mol. The van der Waals surface area contributed by atoms with Crippen LogP contribution in [-0.2, 0) is 20.8 Å². The third kappa shape index (κ3) is 6.73. The van der Waals surface area contributed by atoms with Gasteiger partial charge in [-0.1, -0.05) is 30.3 Å². The molecule has 1 aromatic rings. The van der Waals surface area contributed by atoms with Crippen molar-refractivity contribution < 1.29 is 19.5 Å². The van der Waals surface area contributed by atoms with Gasteiger partial charge < -0.3 is 32.1 Å². The van der Waals surface area contributed by atoms with E-state index in [0.717, 1.165) is 5.56 Å². The van der Waals surface area contributed by atoms with Crippen molar-refractivity contribution in [2.75, 3.05) is 13.1 Å². The lowest BCUT2D eigenvalue weighted by Crippen LogP contribution is -2.54. The zero-order valence-corrected chi connectivity index (χ0v) is 16.8. The second kappa shape index (κ2) is 11.1. The van der Waals surface area contributed by atoms with Crippen LogP contribution in [0.15, 0.2) is 30.3 Å². The molecule has 1 fully saturated rings. The third-order valence-electron chi connectivity index (χ3n) is 5.05. The van der Waals surface area contributed by atoms with Gasteiger partial charge in [-0.3, -0.25) is 15.0 Å². The summed E-state index contributed by atoms with van der Waals surface area (Å²) in [5.74, 6) is -2.14. The number of carbonyl (C=O) groups excluding carboxylic acids is 2. The SMILES string of the molecule is N=C(N)NCCC[C@H](NC(=O)[C@@H]1CCCN1C(=O)[C@H](N)Cc1ccccc1)C(=O)O. The van der Waals surface area contributed by atoms with E-state index in [9.17, 15) is 19.5 Å². The minimum absolute atomic E-state index is 0.176. The molecule has 30 heavy (non-hydrogen) atoms. The Morgan fingerprint density at radius 1 is 1.27 bits per heavy atom. The zero-order chi connectivity index (χ0) is 22.1. The first-order chi connectivity index (χ1) is 14.3. The van der Waals surface area contributed by atoms with E-state index in [-0.39, 0.29) is 18.3 Å². The molecular weight excluding hydrogens is 388 g/mol. The summed E-state index contributed by atoms with van der Waals surface area (Å²) < 4.78 is 0. The molecular formula is C20H30N6O4. The van der Waals surface area contributed by atoms with Crippen LogP contribution in [-0.4, -0.2) is 65.0 Å². The quantitative estimate of drug-likeness (QED) is 0.167. The fourth-order valence-electron chi connectivity index (χ4n) is 3.53. The molecule has 8 N–H and O–H groups in total. The van der Waals surface area contributed by atoms with Crippen LogP contribution in [0.3, 0.4) is 0 Å². The zero-order valence-electron chi connectivity index (χ0n) is 16.8. The first-order valence-corrected chi connectivity index (χ1v) is 10.0. The molecule has 0 unspecified atom stereocenters. The van der Waals surface area contributed by atoms with Crippen molar-refractivity contribution in [3.63, 3.8) is 0 Å². The smallest absolute Gasteiger partial charge is 0.326 e. The van der Waals surface area contributed by atoms with E-state index in [0.29, 0.717) is 38.8 Å². The van der Waals surface area contributed by atoms with Crippen molar-refractivity contribution in [2.45, 2.75) is 50.2 Å². The molecule has 0 saturated carbocycles. The van der Waals surface area contributed by atoms with Crippen LogP contribution in [0.5, 0.6) is 0 Å². The first-order valence-electron chi connectivity index (χ1n) is 10.0. The summed E-state index contributed by atoms with van der Waals surface area (Å²) in [7, 11) is 0. The van der Waals surface area contributed by atoms with Gasteiger partial charge in [0.1, 0.15) is 12.1 Å². The van der Waals surface area contributed by atoms with Crippen molar-refractivity contribution >= 4 is 23.7 Å². The summed E-state index contributed by atoms with van der Waals surface area (Å²) in [4.78, 5) is 38.5. The van der Waals surface area contributed by atoms with Crippen molar-refractivity contribution in [1.29, 1.82) is 5.41 Å². The highest BCUT2D eigenvalue weighted by molar-refractivity contribution is 5.92. The summed E-state index contributed by atoms with van der Waals surface area (Å²) in [6.45, 7) is 0.747. The van der Waals surface area contributed by atoms with Gasteiger partial charge in [-0.25, -0.2) is 4.79 Å². The number of carboxylic acid groups (broad SMARTS) is 1. The minimum Gasteiger partial charge on any atom is -0.480 e. The van der Waals surface area contributed by atoms with Crippen LogP contribution in [0.4, 0.5) is 0 Å². The van der Waals surface area contributed by atoms with Gasteiger partial charge in [0.05, 0.1) is 6.04 Å². The second-order valence-electron chi connectivity index (χ2n) is 7.37. The Balaban J connectivity index is 1.93. The number of rotatable bonds is 10. The predicted octanol–water partition coefficient (Wildman–Crippen LogP) is -0.620. The van der Waals surface area contributed by atoms with Crippen LogP contribution in [0.2, 0.25) is 0 Å². The molecule has 0 spiro atoms. The van der Waals surface area contributed by atoms with Crippen LogP contribution >= 0.6 is 0 Å². The van der Waals surface area contributed by atoms with Gasteiger partial charge in [-0.05, 0) is 37.7 Å². The van der Waals surface area contributed by atoms with Gasteiger partial charge >= 0.3 is 5.97 Å². The number of carbonyl (C=O) groups is 3. The summed E-state index contributed by atoms with van der Waals surface area (Å²) in [5.41, 5.74) is 12.2. The predicted molar refractivity (Wildman–Crippen MR) is 112 cm³/mol. The molecule has 1 aliphatic rings. The van der Waals surface area contributed by atoms with E-state index < -0.39 is 30.0 Å². The van der Waals surface area contributed by atoms with Crippen LogP contribution in [0, 0.1) is 5.41 Å². The van der Waals surface area contributed by atoms with E-state index in [1.807, 2.05) is 30.3 Å². The Hall–Kier alpha value is -3.14. The van der Waals surface area contributed by atoms with Crippen LogP contribution < -0.4 is 22.1 Å². The standard InChI is InChI=1S/C20H30N6O4/c21-14(12-13-6-2-1-3-7-13)18(28)26-11-5-9-16(26)17(27)25-15(19(29)30)8-4-10-24-20(22)23/h1-3,6-7,14-16H,4-5,8-12,21H2,(H,25,27)(H,29,30)(H4,22,23,24)/t14-,15+,16+/m1/s1. The molecule has 0 aromatic heterocycles. The fraction of sp³-hybridized carbons (Fsp3) is 0.500. The number of aliphatic carboxylic acids is 1. The number of guanidine groups is 1. The number of likely N-dealkylation sites (tertiary alicyclic amines) is 1. The van der Waals surface area contributed by atoms with Crippen LogP contribution in [0.1, 0.15) is 31.2 Å². The van der Waals surface area contributed by atoms with Gasteiger partial charge in [0.2, 0.25) is 11.8 Å². The van der Waals surface area contributed by atoms with Gasteiger partial charge in [-0.15, -0.1) is 0 Å². The minimum atomic E-state index is -1.15. The summed E-state index contributed by atoms with van der Waals surface area (Å²) >= 11 is 0. The highest BCUT2D eigenvalue weighted by atomic mass is 16.4. The van der Waals surface area contributed by atoms with E-state index in [1.54, 1.807) is 0 Å². The maximum atomic E-state index is 12.8. The van der Waals surface area contributed by atoms with Crippen molar-refractivity contribution in [2.24, 2.45) is 11.5 Å². The first kappa shape index (κ1) is 23.1. The normalized spacial score (nSPS) is 17.8. The number of nitrogens with zero attached hydrogens (tertiary/aromatic N) is 1. The largest absolute Gasteiger partial charge is 0.480 e. The molecule has 0 bridgehead atoms. The Morgan fingerprint density at radius 2 is 1.97 bits per heavy atom. The molecule has 10 heteroatoms. The molecule has 2 amide bonds. The van der Waals surface area contributed by atoms with Crippen LogP contribution in [0.25, 0.3) is 0 Å². The number of nitrogens with two attached hydrogens (primary N) is 2. The van der Waals surface area contributed by atoms with Gasteiger partial charge in [0, 0.05) is 13.1 Å². The maximum absolute atomic E-state index is 12.8. The Kier molecular flexibility index (Phi) is 8.60. The lowest BCUT2D eigenvalue weighted by atomic mass is 10.0. The molecule has 1 heterocycles. The molecule has 3 atom stereocenters. The number of hydrogen-bond acceptors (Lipinski definition) is 5. The van der Waals surface area contributed by atoms with Gasteiger partial charge in [0.25, 0.3) is 0 Å². The number of carboxylic acids is 1. The summed E-state index contributed by atoms with van der Waals surface area (Å²) in [5, 5.41) is 21.6. The maximum Gasteiger partial charge on any atom is 0.326 e. The van der Waals surface area contributed by atoms with E-state index >= 15 is 0 Å². The Morgan fingerprint density at radius 3 is 2.60 bits per heavy atom.